The standard InChI is InChI=1S/C9H6Cl2NO/c10-6-2-1-3-8-9(6)7(11)4-5-12(8)13/h1-5,13H/q+1. The smallest absolute Gasteiger partial charge is 0.267 e. The van der Waals surface area contributed by atoms with E-state index in [4.69, 9.17) is 23.2 Å². The van der Waals surface area contributed by atoms with Gasteiger partial charge in [0.1, 0.15) is 0 Å². The van der Waals surface area contributed by atoms with Gasteiger partial charge in [-0.05, 0) is 6.07 Å². The Kier molecular flexibility index (Phi) is 2.02. The molecule has 0 radical (unpaired) electrons. The Hall–Kier alpha value is -0.990. The molecular weight excluding hydrogens is 209 g/mol. The largest absolute Gasteiger partial charge is 0.285 e. The van der Waals surface area contributed by atoms with E-state index in [0.717, 1.165) is 4.73 Å². The van der Waals surface area contributed by atoms with E-state index < -0.39 is 0 Å². The van der Waals surface area contributed by atoms with E-state index in [1.54, 1.807) is 24.3 Å². The Morgan fingerprint density at radius 3 is 2.46 bits per heavy atom. The lowest BCUT2D eigenvalue weighted by Gasteiger charge is -1.97. The fourth-order valence-corrected chi connectivity index (χ4v) is 1.81. The van der Waals surface area contributed by atoms with Crippen LogP contribution in [0.25, 0.3) is 10.9 Å². The maximum atomic E-state index is 9.42. The summed E-state index contributed by atoms with van der Waals surface area (Å²) < 4.78 is 0.993. The summed E-state index contributed by atoms with van der Waals surface area (Å²) in [7, 11) is 0. The average Bonchev–Trinajstić information content (AvgIpc) is 2.12. The Morgan fingerprint density at radius 1 is 1.08 bits per heavy atom. The number of fused-ring (bicyclic) bond motifs is 1. The van der Waals surface area contributed by atoms with Crippen molar-refractivity contribution >= 4 is 34.1 Å². The molecule has 1 aromatic carbocycles. The molecule has 4 heteroatoms. The van der Waals surface area contributed by atoms with Crippen molar-refractivity contribution in [2.45, 2.75) is 0 Å². The Balaban J connectivity index is 3.00. The minimum absolute atomic E-state index is 0.533. The van der Waals surface area contributed by atoms with Crippen LogP contribution >= 0.6 is 23.2 Å². The van der Waals surface area contributed by atoms with Crippen molar-refractivity contribution in [1.82, 2.24) is 0 Å². The summed E-state index contributed by atoms with van der Waals surface area (Å²) in [6.07, 6.45) is 1.47. The van der Waals surface area contributed by atoms with Crippen LogP contribution in [0.3, 0.4) is 0 Å². The number of pyridine rings is 1. The van der Waals surface area contributed by atoms with Crippen LogP contribution < -0.4 is 4.73 Å². The number of rotatable bonds is 0. The van der Waals surface area contributed by atoms with Crippen LogP contribution in [-0.2, 0) is 0 Å². The molecule has 1 N–H and O–H groups in total. The molecule has 2 aromatic rings. The Labute approximate surface area is 84.9 Å². The quantitative estimate of drug-likeness (QED) is 0.530. The van der Waals surface area contributed by atoms with Gasteiger partial charge in [0.05, 0.1) is 15.4 Å². The number of nitrogens with zero attached hydrogens (tertiary/aromatic N) is 1. The zero-order valence-electron chi connectivity index (χ0n) is 6.54. The van der Waals surface area contributed by atoms with Gasteiger partial charge in [0.2, 0.25) is 6.20 Å². The van der Waals surface area contributed by atoms with Crippen LogP contribution in [0.4, 0.5) is 0 Å². The first kappa shape index (κ1) is 8.60. The van der Waals surface area contributed by atoms with Gasteiger partial charge in [0, 0.05) is 16.9 Å². The van der Waals surface area contributed by atoms with Crippen LogP contribution in [0.1, 0.15) is 0 Å². The third kappa shape index (κ3) is 1.32. The molecule has 0 aliphatic heterocycles. The molecule has 0 spiro atoms. The van der Waals surface area contributed by atoms with Gasteiger partial charge < -0.3 is 0 Å². The van der Waals surface area contributed by atoms with E-state index in [2.05, 4.69) is 0 Å². The molecule has 0 saturated carbocycles. The zero-order valence-corrected chi connectivity index (χ0v) is 8.05. The first-order valence-electron chi connectivity index (χ1n) is 3.68. The minimum Gasteiger partial charge on any atom is -0.285 e. The van der Waals surface area contributed by atoms with E-state index in [-0.39, 0.29) is 0 Å². The van der Waals surface area contributed by atoms with Gasteiger partial charge in [0.25, 0.3) is 5.52 Å². The highest BCUT2D eigenvalue weighted by Crippen LogP contribution is 2.27. The monoisotopic (exact) mass is 214 g/mol. The number of hydrogen-bond donors (Lipinski definition) is 1. The predicted octanol–water partition coefficient (Wildman–Crippen LogP) is 2.67. The summed E-state index contributed by atoms with van der Waals surface area (Å²) in [6.45, 7) is 0. The van der Waals surface area contributed by atoms with Crippen LogP contribution in [-0.4, -0.2) is 5.21 Å². The normalized spacial score (nSPS) is 10.6. The van der Waals surface area contributed by atoms with Gasteiger partial charge in [-0.1, -0.05) is 29.3 Å². The van der Waals surface area contributed by atoms with Crippen molar-refractivity contribution in [3.8, 4) is 0 Å². The molecule has 13 heavy (non-hydrogen) atoms. The first-order valence-corrected chi connectivity index (χ1v) is 4.43. The van der Waals surface area contributed by atoms with Gasteiger partial charge in [-0.2, -0.15) is 0 Å². The second kappa shape index (κ2) is 3.05. The molecule has 1 aromatic heterocycles. The van der Waals surface area contributed by atoms with Crippen LogP contribution in [0.5, 0.6) is 0 Å². The molecule has 0 atom stereocenters. The van der Waals surface area contributed by atoms with Crippen molar-refractivity contribution in [2.24, 2.45) is 0 Å². The molecule has 2 rings (SSSR count). The van der Waals surface area contributed by atoms with Crippen LogP contribution in [0.2, 0.25) is 10.0 Å². The molecule has 2 nitrogen and oxygen atoms in total. The predicted molar refractivity (Wildman–Crippen MR) is 51.3 cm³/mol. The summed E-state index contributed by atoms with van der Waals surface area (Å²) in [6, 6.07) is 6.83. The maximum absolute atomic E-state index is 9.42. The highest BCUT2D eigenvalue weighted by atomic mass is 35.5. The molecule has 0 unspecified atom stereocenters. The summed E-state index contributed by atoms with van der Waals surface area (Å²) >= 11 is 11.9. The molecule has 0 aliphatic rings. The van der Waals surface area contributed by atoms with Crippen molar-refractivity contribution in [2.75, 3.05) is 0 Å². The average molecular weight is 215 g/mol. The zero-order chi connectivity index (χ0) is 9.42. The van der Waals surface area contributed by atoms with Gasteiger partial charge in [-0.15, -0.1) is 0 Å². The van der Waals surface area contributed by atoms with Gasteiger partial charge in [-0.25, -0.2) is 0 Å². The second-order valence-electron chi connectivity index (χ2n) is 2.64. The van der Waals surface area contributed by atoms with Crippen LogP contribution in [0, 0.1) is 0 Å². The Morgan fingerprint density at radius 2 is 1.77 bits per heavy atom. The molecule has 0 amide bonds. The van der Waals surface area contributed by atoms with E-state index >= 15 is 0 Å². The second-order valence-corrected chi connectivity index (χ2v) is 3.46. The van der Waals surface area contributed by atoms with Crippen molar-refractivity contribution in [3.63, 3.8) is 0 Å². The van der Waals surface area contributed by atoms with Crippen LogP contribution in [0.15, 0.2) is 30.5 Å². The van der Waals surface area contributed by atoms with Gasteiger partial charge >= 0.3 is 0 Å². The van der Waals surface area contributed by atoms with Gasteiger partial charge in [-0.3, -0.25) is 5.21 Å². The number of halogens is 2. The van der Waals surface area contributed by atoms with Gasteiger partial charge in [0.15, 0.2) is 0 Å². The molecule has 0 saturated heterocycles. The Bertz CT molecular complexity index is 462. The molecule has 1 heterocycles. The first-order chi connectivity index (χ1) is 6.20. The third-order valence-electron chi connectivity index (χ3n) is 1.84. The maximum Gasteiger partial charge on any atom is 0.267 e. The van der Waals surface area contributed by atoms with E-state index in [1.807, 2.05) is 0 Å². The number of hydrogen-bond acceptors (Lipinski definition) is 1. The summed E-state index contributed by atoms with van der Waals surface area (Å²) in [5, 5.41) is 11.1. The van der Waals surface area contributed by atoms with E-state index in [0.29, 0.717) is 20.9 Å². The summed E-state index contributed by atoms with van der Waals surface area (Å²) in [5.74, 6) is 0. The van der Waals surface area contributed by atoms with Crippen molar-refractivity contribution < 1.29 is 9.94 Å². The van der Waals surface area contributed by atoms with Crippen molar-refractivity contribution in [3.05, 3.63) is 40.5 Å². The summed E-state index contributed by atoms with van der Waals surface area (Å²) in [5.41, 5.74) is 0.597. The summed E-state index contributed by atoms with van der Waals surface area (Å²) in [4.78, 5) is 0. The van der Waals surface area contributed by atoms with E-state index in [9.17, 15) is 5.21 Å². The topological polar surface area (TPSA) is 24.1 Å². The SMILES string of the molecule is O[n+]1ccc(Cl)c2c(Cl)cccc21. The lowest BCUT2D eigenvalue weighted by atomic mass is 10.2. The van der Waals surface area contributed by atoms with E-state index in [1.165, 1.54) is 6.20 Å². The molecule has 0 fully saturated rings. The highest BCUT2D eigenvalue weighted by molar-refractivity contribution is 6.41. The fraction of sp³-hybridized carbons (Fsp3) is 0. The number of benzene rings is 1. The molecule has 0 aliphatic carbocycles. The fourth-order valence-electron chi connectivity index (χ4n) is 1.24. The molecular formula is C9H6Cl2NO+. The minimum atomic E-state index is 0.533. The third-order valence-corrected chi connectivity index (χ3v) is 2.47. The number of aromatic nitrogens is 1. The van der Waals surface area contributed by atoms with Crippen molar-refractivity contribution in [1.29, 1.82) is 0 Å². The molecule has 0 bridgehead atoms. The molecule has 66 valence electrons. The highest BCUT2D eigenvalue weighted by Gasteiger charge is 2.13. The lowest BCUT2D eigenvalue weighted by Crippen LogP contribution is -2.29. The lowest BCUT2D eigenvalue weighted by molar-refractivity contribution is -0.884.